The summed E-state index contributed by atoms with van der Waals surface area (Å²) in [5, 5.41) is 13.9. The van der Waals surface area contributed by atoms with Crippen LogP contribution in [-0.2, 0) is 28.8 Å². The van der Waals surface area contributed by atoms with Crippen molar-refractivity contribution in [2.24, 2.45) is 0 Å². The van der Waals surface area contributed by atoms with Gasteiger partial charge in [-0.05, 0) is 37.3 Å². The minimum absolute atomic E-state index is 0.103. The summed E-state index contributed by atoms with van der Waals surface area (Å²) in [5.41, 5.74) is -2.14. The Labute approximate surface area is 248 Å². The highest BCUT2D eigenvalue weighted by molar-refractivity contribution is 6.32. The highest BCUT2D eigenvalue weighted by Crippen LogP contribution is 2.33. The fraction of sp³-hybridized carbons (Fsp3) is 0.308. The summed E-state index contributed by atoms with van der Waals surface area (Å²) in [5.74, 6) is -1.04. The van der Waals surface area contributed by atoms with Gasteiger partial charge in [-0.25, -0.2) is 14.5 Å². The van der Waals surface area contributed by atoms with Crippen molar-refractivity contribution in [1.82, 2.24) is 23.9 Å². The molecule has 0 amide bonds. The molecule has 1 N–H and O–H groups in total. The first-order valence-corrected chi connectivity index (χ1v) is 13.0. The predicted octanol–water partition coefficient (Wildman–Crippen LogP) is 5.82. The van der Waals surface area contributed by atoms with Gasteiger partial charge in [0.1, 0.15) is 5.15 Å². The van der Waals surface area contributed by atoms with Crippen molar-refractivity contribution >= 4 is 29.2 Å². The van der Waals surface area contributed by atoms with Crippen LogP contribution in [0.5, 0.6) is 0 Å². The predicted molar refractivity (Wildman–Crippen MR) is 142 cm³/mol. The van der Waals surface area contributed by atoms with Crippen LogP contribution in [0, 0.1) is 0 Å². The zero-order chi connectivity index (χ0) is 31.9. The molecule has 0 unspecified atom stereocenters. The van der Waals surface area contributed by atoms with Crippen molar-refractivity contribution in [3.8, 4) is 16.9 Å². The molecule has 0 aliphatic carbocycles. The number of aliphatic hydroxyl groups is 1. The first-order valence-electron chi connectivity index (χ1n) is 12.3. The van der Waals surface area contributed by atoms with E-state index >= 15 is 0 Å². The molecule has 0 saturated carbocycles. The number of aliphatic hydroxyl groups excluding tert-OH is 1. The van der Waals surface area contributed by atoms with Gasteiger partial charge in [0.15, 0.2) is 23.9 Å². The zero-order valence-corrected chi connectivity index (χ0v) is 23.6. The van der Waals surface area contributed by atoms with E-state index in [1.807, 2.05) is 0 Å². The molecule has 9 nitrogen and oxygen atoms in total. The van der Waals surface area contributed by atoms with Crippen LogP contribution in [0.15, 0.2) is 53.3 Å². The van der Waals surface area contributed by atoms with Gasteiger partial charge in [-0.2, -0.15) is 26.3 Å². The van der Waals surface area contributed by atoms with Gasteiger partial charge in [0.2, 0.25) is 0 Å². The highest BCUT2D eigenvalue weighted by Gasteiger charge is 2.40. The Morgan fingerprint density at radius 1 is 1.05 bits per heavy atom. The van der Waals surface area contributed by atoms with Crippen LogP contribution >= 0.6 is 23.2 Å². The monoisotopic (exact) mass is 651 g/mol. The molecule has 2 aromatic carbocycles. The Hall–Kier alpha value is -3.82. The lowest BCUT2D eigenvalue weighted by Gasteiger charge is -2.16. The maximum atomic E-state index is 13.4. The molecule has 4 rings (SSSR count). The topological polar surface area (TPSA) is 104 Å². The summed E-state index contributed by atoms with van der Waals surface area (Å²) in [7, 11) is 0. The summed E-state index contributed by atoms with van der Waals surface area (Å²) >= 11 is 12.4. The normalized spacial score (nSPS) is 13.7. The molecule has 43 heavy (non-hydrogen) atoms. The fourth-order valence-corrected chi connectivity index (χ4v) is 4.65. The van der Waals surface area contributed by atoms with Crippen LogP contribution in [0.3, 0.4) is 0 Å². The molecule has 0 spiro atoms. The van der Waals surface area contributed by atoms with Gasteiger partial charge >= 0.3 is 24.0 Å². The number of esters is 1. The Bertz CT molecular complexity index is 1700. The molecule has 0 fully saturated rings. The lowest BCUT2D eigenvalue weighted by atomic mass is 10.1. The Morgan fingerprint density at radius 2 is 1.70 bits per heavy atom. The molecule has 0 saturated heterocycles. The lowest BCUT2D eigenvalue weighted by Crippen LogP contribution is -2.37. The molecular formula is C26H21Cl2F6N5O4. The number of nitrogens with zero attached hydrogens (tertiary/aromatic N) is 5. The van der Waals surface area contributed by atoms with Gasteiger partial charge in [-0.3, -0.25) is 13.9 Å². The van der Waals surface area contributed by atoms with Crippen molar-refractivity contribution < 1.29 is 41.0 Å². The first kappa shape index (κ1) is 32.1. The average molecular weight is 652 g/mol. The Kier molecular flexibility index (Phi) is 9.00. The number of halogens is 8. The molecule has 2 heterocycles. The molecule has 4 aromatic rings. The Balaban J connectivity index is 1.85. The van der Waals surface area contributed by atoms with Crippen LogP contribution in [0.25, 0.3) is 16.9 Å². The number of carbonyl (C=O) groups is 1. The number of aromatic nitrogens is 5. The molecule has 0 bridgehead atoms. The number of carbonyl (C=O) groups excluding carboxylic acids is 1. The van der Waals surface area contributed by atoms with E-state index in [1.165, 1.54) is 37.3 Å². The molecule has 0 aliphatic heterocycles. The van der Waals surface area contributed by atoms with E-state index in [0.29, 0.717) is 9.59 Å². The summed E-state index contributed by atoms with van der Waals surface area (Å²) in [6.45, 7) is 0.747. The minimum atomic E-state index is -5.06. The number of ether oxygens (including phenoxy) is 1. The Morgan fingerprint density at radius 3 is 2.28 bits per heavy atom. The second-order valence-corrected chi connectivity index (χ2v) is 10.1. The van der Waals surface area contributed by atoms with E-state index < -0.39 is 54.9 Å². The number of alkyl halides is 6. The second kappa shape index (κ2) is 12.1. The first-order chi connectivity index (χ1) is 20.0. The number of hydrogen-bond acceptors (Lipinski definition) is 6. The molecular weight excluding hydrogens is 631 g/mol. The smallest absolute Gasteiger partial charge is 0.416 e. The molecule has 2 aromatic heterocycles. The van der Waals surface area contributed by atoms with Crippen LogP contribution in [0.4, 0.5) is 26.3 Å². The van der Waals surface area contributed by atoms with Gasteiger partial charge in [-0.15, -0.1) is 5.10 Å². The number of hydrogen-bond donors (Lipinski definition) is 1. The summed E-state index contributed by atoms with van der Waals surface area (Å²) in [6, 6.07) is 9.70. The number of imidazole rings is 1. The molecule has 17 heteroatoms. The zero-order valence-electron chi connectivity index (χ0n) is 22.1. The third-order valence-electron chi connectivity index (χ3n) is 6.12. The van der Waals surface area contributed by atoms with Gasteiger partial charge in [0, 0.05) is 17.5 Å². The van der Waals surface area contributed by atoms with Crippen LogP contribution in [0.1, 0.15) is 37.2 Å². The largest absolute Gasteiger partial charge is 0.455 e. The standard InChI is InChI=1S/C26H21Cl2F6N5O4/c1-13(43-14(2)40)23-35-20(36-39(23)18-5-3-4-16(10-18)25(29,30)31)12-38-22(28)21(15-6-8-17(27)9-7-15)37(24(38)42)11-19(41)26(32,33)34/h3-10,13,19,41H,11-12H2,1-2H3/t13-,19-/m0/s1. The second-order valence-electron chi connectivity index (χ2n) is 9.28. The molecule has 230 valence electrons. The van der Waals surface area contributed by atoms with E-state index in [9.17, 15) is 41.0 Å². The number of benzene rings is 2. The van der Waals surface area contributed by atoms with Crippen molar-refractivity contribution in [2.45, 2.75) is 51.5 Å². The van der Waals surface area contributed by atoms with Gasteiger partial charge < -0.3 is 9.84 Å². The molecule has 0 aliphatic rings. The van der Waals surface area contributed by atoms with Crippen LogP contribution < -0.4 is 5.69 Å². The van der Waals surface area contributed by atoms with E-state index in [-0.39, 0.29) is 33.7 Å². The SMILES string of the molecule is CC(=O)O[C@@H](C)c1nc(Cn2c(Cl)c(-c3ccc(Cl)cc3)n(C[C@H](O)C(F)(F)F)c2=O)nn1-c1cccc(C(F)(F)F)c1. The minimum Gasteiger partial charge on any atom is -0.455 e. The number of rotatable bonds is 8. The van der Waals surface area contributed by atoms with Gasteiger partial charge in [0.05, 0.1) is 30.0 Å². The average Bonchev–Trinajstić information content (AvgIpc) is 3.43. The van der Waals surface area contributed by atoms with E-state index in [2.05, 4.69) is 10.1 Å². The van der Waals surface area contributed by atoms with Gasteiger partial charge in [0.25, 0.3) is 0 Å². The van der Waals surface area contributed by atoms with Crippen LogP contribution in [-0.4, -0.2) is 47.3 Å². The lowest BCUT2D eigenvalue weighted by molar-refractivity contribution is -0.207. The van der Waals surface area contributed by atoms with Crippen molar-refractivity contribution in [1.29, 1.82) is 0 Å². The summed E-state index contributed by atoms with van der Waals surface area (Å²) in [4.78, 5) is 29.2. The molecule has 2 atom stereocenters. The van der Waals surface area contributed by atoms with Crippen LogP contribution in [0.2, 0.25) is 10.2 Å². The summed E-state index contributed by atoms with van der Waals surface area (Å²) in [6.07, 6.45) is -13.8. The van der Waals surface area contributed by atoms with Gasteiger partial charge in [-0.1, -0.05) is 41.4 Å². The van der Waals surface area contributed by atoms with E-state index in [4.69, 9.17) is 27.9 Å². The van der Waals surface area contributed by atoms with Crippen molar-refractivity contribution in [3.05, 3.63) is 86.4 Å². The van der Waals surface area contributed by atoms with E-state index in [0.717, 1.165) is 34.4 Å². The quantitative estimate of drug-likeness (QED) is 0.190. The van der Waals surface area contributed by atoms with Crippen molar-refractivity contribution in [3.63, 3.8) is 0 Å². The summed E-state index contributed by atoms with van der Waals surface area (Å²) < 4.78 is 87.5. The van der Waals surface area contributed by atoms with E-state index in [1.54, 1.807) is 0 Å². The maximum absolute atomic E-state index is 13.4. The maximum Gasteiger partial charge on any atom is 0.416 e. The third kappa shape index (κ3) is 7.05. The molecule has 0 radical (unpaired) electrons. The van der Waals surface area contributed by atoms with Crippen molar-refractivity contribution in [2.75, 3.05) is 0 Å². The fourth-order valence-electron chi connectivity index (χ4n) is 4.18. The highest BCUT2D eigenvalue weighted by atomic mass is 35.5. The third-order valence-corrected chi connectivity index (χ3v) is 6.75.